The van der Waals surface area contributed by atoms with Crippen molar-refractivity contribution >= 4 is 45.2 Å². The molecule has 124 valence electrons. The molecule has 0 atom stereocenters. The second-order valence-electron chi connectivity index (χ2n) is 5.65. The Morgan fingerprint density at radius 1 is 1.04 bits per heavy atom. The molecule has 1 aliphatic rings. The highest BCUT2D eigenvalue weighted by molar-refractivity contribution is 9.10. The molecule has 1 amide bonds. The van der Waals surface area contributed by atoms with E-state index in [9.17, 15) is 4.79 Å². The number of hydrogen-bond donors (Lipinski definition) is 0. The van der Waals surface area contributed by atoms with Gasteiger partial charge in [0.15, 0.2) is 0 Å². The van der Waals surface area contributed by atoms with Gasteiger partial charge in [-0.15, -0.1) is 0 Å². The van der Waals surface area contributed by atoms with Gasteiger partial charge in [0.05, 0.1) is 5.69 Å². The maximum atomic E-state index is 12.3. The smallest absolute Gasteiger partial charge is 0.246 e. The molecular weight excluding hydrogens is 388 g/mol. The summed E-state index contributed by atoms with van der Waals surface area (Å²) < 4.78 is 0.985. The average Bonchev–Trinajstić information content (AvgIpc) is 2.61. The van der Waals surface area contributed by atoms with Crippen molar-refractivity contribution < 1.29 is 4.79 Å². The van der Waals surface area contributed by atoms with E-state index >= 15 is 0 Å². The molecule has 5 heteroatoms. The Bertz CT molecular complexity index is 740. The predicted molar refractivity (Wildman–Crippen MR) is 103 cm³/mol. The number of piperazine rings is 1. The highest BCUT2D eigenvalue weighted by Gasteiger charge is 2.21. The van der Waals surface area contributed by atoms with Gasteiger partial charge in [0.2, 0.25) is 5.91 Å². The third-order valence-electron chi connectivity index (χ3n) is 4.06. The molecule has 24 heavy (non-hydrogen) atoms. The van der Waals surface area contributed by atoms with Gasteiger partial charge in [-0.3, -0.25) is 4.79 Å². The molecule has 0 N–H and O–H groups in total. The lowest BCUT2D eigenvalue weighted by atomic mass is 10.2. The minimum atomic E-state index is 0.0636. The van der Waals surface area contributed by atoms with E-state index in [-0.39, 0.29) is 5.91 Å². The van der Waals surface area contributed by atoms with Crippen LogP contribution in [0.5, 0.6) is 0 Å². The molecule has 1 heterocycles. The second-order valence-corrected chi connectivity index (χ2v) is 6.94. The summed E-state index contributed by atoms with van der Waals surface area (Å²) in [5.41, 5.74) is 2.15. The summed E-state index contributed by atoms with van der Waals surface area (Å²) in [5, 5.41) is 0.713. The van der Waals surface area contributed by atoms with Crippen LogP contribution in [-0.2, 0) is 4.79 Å². The fourth-order valence-corrected chi connectivity index (χ4v) is 3.68. The van der Waals surface area contributed by atoms with E-state index in [0.717, 1.165) is 28.8 Å². The van der Waals surface area contributed by atoms with E-state index in [2.05, 4.69) is 20.8 Å². The lowest BCUT2D eigenvalue weighted by Gasteiger charge is -2.36. The van der Waals surface area contributed by atoms with E-state index in [1.54, 1.807) is 6.08 Å². The van der Waals surface area contributed by atoms with E-state index in [1.165, 1.54) is 0 Å². The number of halogens is 2. The largest absolute Gasteiger partial charge is 0.367 e. The number of amides is 1. The molecule has 0 spiro atoms. The quantitative estimate of drug-likeness (QED) is 0.704. The molecule has 3 nitrogen and oxygen atoms in total. The zero-order valence-electron chi connectivity index (χ0n) is 13.2. The Morgan fingerprint density at radius 2 is 1.75 bits per heavy atom. The molecule has 1 aliphatic heterocycles. The number of anilines is 1. The van der Waals surface area contributed by atoms with Gasteiger partial charge < -0.3 is 9.80 Å². The number of rotatable bonds is 3. The summed E-state index contributed by atoms with van der Waals surface area (Å²) in [6, 6.07) is 15.7. The summed E-state index contributed by atoms with van der Waals surface area (Å²) in [5.74, 6) is 0.0636. The van der Waals surface area contributed by atoms with Crippen molar-refractivity contribution in [3.05, 3.63) is 69.7 Å². The van der Waals surface area contributed by atoms with Crippen LogP contribution in [0.15, 0.2) is 59.1 Å². The fraction of sp³-hybridized carbons (Fsp3) is 0.211. The third kappa shape index (κ3) is 4.19. The minimum absolute atomic E-state index is 0.0636. The van der Waals surface area contributed by atoms with E-state index < -0.39 is 0 Å². The zero-order chi connectivity index (χ0) is 16.9. The van der Waals surface area contributed by atoms with Gasteiger partial charge in [-0.25, -0.2) is 0 Å². The van der Waals surface area contributed by atoms with Crippen molar-refractivity contribution in [2.24, 2.45) is 0 Å². The highest BCUT2D eigenvalue weighted by atomic mass is 79.9. The molecule has 2 aromatic rings. The van der Waals surface area contributed by atoms with Gasteiger partial charge in [-0.2, -0.15) is 0 Å². The summed E-state index contributed by atoms with van der Waals surface area (Å²) in [6.45, 7) is 3.05. The summed E-state index contributed by atoms with van der Waals surface area (Å²) in [6.07, 6.45) is 3.52. The number of hydrogen-bond acceptors (Lipinski definition) is 2. The van der Waals surface area contributed by atoms with Crippen molar-refractivity contribution in [1.82, 2.24) is 4.90 Å². The molecule has 0 bridgehead atoms. The Labute approximate surface area is 155 Å². The van der Waals surface area contributed by atoms with Crippen LogP contribution in [0.25, 0.3) is 6.08 Å². The Kier molecular flexibility index (Phi) is 5.59. The lowest BCUT2D eigenvalue weighted by Crippen LogP contribution is -2.48. The molecule has 0 aliphatic carbocycles. The topological polar surface area (TPSA) is 23.6 Å². The van der Waals surface area contributed by atoms with Crippen LogP contribution >= 0.6 is 27.5 Å². The van der Waals surface area contributed by atoms with Gasteiger partial charge >= 0.3 is 0 Å². The predicted octanol–water partition coefficient (Wildman–Crippen LogP) is 4.46. The fourth-order valence-electron chi connectivity index (χ4n) is 2.74. The standard InChI is InChI=1S/C19H18BrClN2O/c20-17-14-16(21)7-8-18(17)22-10-12-23(13-11-22)19(24)9-6-15-4-2-1-3-5-15/h1-9,14H,10-13H2. The highest BCUT2D eigenvalue weighted by Crippen LogP contribution is 2.29. The second kappa shape index (κ2) is 7.86. The van der Waals surface area contributed by atoms with E-state index in [0.29, 0.717) is 18.1 Å². The Balaban J connectivity index is 1.58. The summed E-state index contributed by atoms with van der Waals surface area (Å²) in [7, 11) is 0. The normalized spacial score (nSPS) is 15.1. The van der Waals surface area contributed by atoms with Gasteiger partial charge in [0, 0.05) is 41.8 Å². The van der Waals surface area contributed by atoms with Crippen LogP contribution in [-0.4, -0.2) is 37.0 Å². The maximum absolute atomic E-state index is 12.3. The van der Waals surface area contributed by atoms with Crippen molar-refractivity contribution in [3.8, 4) is 0 Å². The van der Waals surface area contributed by atoms with Gasteiger partial charge in [-0.1, -0.05) is 41.9 Å². The van der Waals surface area contributed by atoms with Crippen LogP contribution in [0.2, 0.25) is 5.02 Å². The summed E-state index contributed by atoms with van der Waals surface area (Å²) in [4.78, 5) is 16.5. The first kappa shape index (κ1) is 17.1. The van der Waals surface area contributed by atoms with E-state index in [1.807, 2.05) is 59.5 Å². The molecule has 3 rings (SSSR count). The van der Waals surface area contributed by atoms with Crippen molar-refractivity contribution in [2.75, 3.05) is 31.1 Å². The molecule has 1 fully saturated rings. The molecular formula is C19H18BrClN2O. The third-order valence-corrected chi connectivity index (χ3v) is 4.93. The number of nitrogens with zero attached hydrogens (tertiary/aromatic N) is 2. The first-order chi connectivity index (χ1) is 11.6. The van der Waals surface area contributed by atoms with Crippen LogP contribution in [0.3, 0.4) is 0 Å². The number of benzene rings is 2. The van der Waals surface area contributed by atoms with Crippen molar-refractivity contribution in [3.63, 3.8) is 0 Å². The lowest BCUT2D eigenvalue weighted by molar-refractivity contribution is -0.126. The summed E-state index contributed by atoms with van der Waals surface area (Å²) >= 11 is 9.56. The van der Waals surface area contributed by atoms with Crippen LogP contribution in [0.1, 0.15) is 5.56 Å². The zero-order valence-corrected chi connectivity index (χ0v) is 15.5. The van der Waals surface area contributed by atoms with Crippen LogP contribution in [0, 0.1) is 0 Å². The maximum Gasteiger partial charge on any atom is 0.246 e. The van der Waals surface area contributed by atoms with E-state index in [4.69, 9.17) is 11.6 Å². The molecule has 0 unspecified atom stereocenters. The number of carbonyl (C=O) groups excluding carboxylic acids is 1. The minimum Gasteiger partial charge on any atom is -0.367 e. The Morgan fingerprint density at radius 3 is 2.42 bits per heavy atom. The Hall–Kier alpha value is -1.78. The van der Waals surface area contributed by atoms with Gasteiger partial charge in [0.25, 0.3) is 0 Å². The molecule has 0 aromatic heterocycles. The average molecular weight is 406 g/mol. The van der Waals surface area contributed by atoms with Crippen LogP contribution in [0.4, 0.5) is 5.69 Å². The van der Waals surface area contributed by atoms with Gasteiger partial charge in [-0.05, 0) is 45.8 Å². The van der Waals surface area contributed by atoms with Crippen molar-refractivity contribution in [1.29, 1.82) is 0 Å². The monoisotopic (exact) mass is 404 g/mol. The number of carbonyl (C=O) groups is 1. The molecule has 1 saturated heterocycles. The molecule has 0 saturated carbocycles. The molecule has 0 radical (unpaired) electrons. The van der Waals surface area contributed by atoms with Crippen LogP contribution < -0.4 is 4.90 Å². The van der Waals surface area contributed by atoms with Crippen molar-refractivity contribution in [2.45, 2.75) is 0 Å². The SMILES string of the molecule is O=C(C=Cc1ccccc1)N1CCN(c2ccc(Cl)cc2Br)CC1. The first-order valence-electron chi connectivity index (χ1n) is 7.85. The first-order valence-corrected chi connectivity index (χ1v) is 9.02. The van der Waals surface area contributed by atoms with Gasteiger partial charge in [0.1, 0.15) is 0 Å². The molecule has 2 aromatic carbocycles.